The average Bonchev–Trinajstić information content (AvgIpc) is 3.26. The standard InChI is InChI=1S/C26H23Cl2F2NO3/c1-15(2)25(31-12-19-20(13-31)24(30)22(28)21(27)23(19)29)26(32)33-14-16-7-6-10-18(11-16)34-17-8-4-3-5-9-17/h3-11,15,25H,12-14H2,1-2H3. The number of hydrogen-bond donors (Lipinski definition) is 0. The maximum Gasteiger partial charge on any atom is 0.323 e. The fourth-order valence-corrected chi connectivity index (χ4v) is 4.51. The highest BCUT2D eigenvalue weighted by molar-refractivity contribution is 6.42. The first-order valence-electron chi connectivity index (χ1n) is 10.8. The molecule has 1 atom stereocenters. The Morgan fingerprint density at radius 1 is 0.941 bits per heavy atom. The number of fused-ring (bicyclic) bond motifs is 1. The number of carbonyl (C=O) groups is 1. The molecule has 1 aliphatic heterocycles. The summed E-state index contributed by atoms with van der Waals surface area (Å²) in [7, 11) is 0. The Morgan fingerprint density at radius 2 is 1.53 bits per heavy atom. The molecule has 4 nitrogen and oxygen atoms in total. The molecule has 1 heterocycles. The van der Waals surface area contributed by atoms with Crippen LogP contribution >= 0.6 is 23.2 Å². The van der Waals surface area contributed by atoms with Crippen LogP contribution in [0.1, 0.15) is 30.5 Å². The van der Waals surface area contributed by atoms with Crippen molar-refractivity contribution in [3.05, 3.63) is 93.0 Å². The van der Waals surface area contributed by atoms with Crippen molar-refractivity contribution in [1.82, 2.24) is 4.90 Å². The van der Waals surface area contributed by atoms with Crippen LogP contribution < -0.4 is 4.74 Å². The molecule has 0 amide bonds. The molecule has 0 spiro atoms. The minimum atomic E-state index is -0.753. The van der Waals surface area contributed by atoms with Crippen LogP contribution in [0.4, 0.5) is 8.78 Å². The molecule has 0 saturated heterocycles. The van der Waals surface area contributed by atoms with Gasteiger partial charge in [-0.05, 0) is 35.7 Å². The summed E-state index contributed by atoms with van der Waals surface area (Å²) in [4.78, 5) is 14.7. The van der Waals surface area contributed by atoms with Gasteiger partial charge in [-0.15, -0.1) is 0 Å². The third-order valence-electron chi connectivity index (χ3n) is 5.72. The third-order valence-corrected chi connectivity index (χ3v) is 6.53. The van der Waals surface area contributed by atoms with Gasteiger partial charge in [0.25, 0.3) is 0 Å². The zero-order valence-corrected chi connectivity index (χ0v) is 20.2. The van der Waals surface area contributed by atoms with Crippen LogP contribution in [0.3, 0.4) is 0 Å². The van der Waals surface area contributed by atoms with Crippen molar-refractivity contribution in [3.8, 4) is 11.5 Å². The van der Waals surface area contributed by atoms with Crippen molar-refractivity contribution in [2.75, 3.05) is 0 Å². The molecule has 0 bridgehead atoms. The van der Waals surface area contributed by atoms with Gasteiger partial charge < -0.3 is 9.47 Å². The van der Waals surface area contributed by atoms with Crippen LogP contribution in [0.15, 0.2) is 54.6 Å². The van der Waals surface area contributed by atoms with Crippen LogP contribution in [-0.2, 0) is 29.2 Å². The third kappa shape index (κ3) is 5.04. The maximum atomic E-state index is 14.6. The van der Waals surface area contributed by atoms with E-state index < -0.39 is 33.7 Å². The van der Waals surface area contributed by atoms with E-state index in [4.69, 9.17) is 32.7 Å². The Labute approximate surface area is 207 Å². The topological polar surface area (TPSA) is 38.8 Å². The molecule has 0 fully saturated rings. The zero-order valence-electron chi connectivity index (χ0n) is 18.7. The second-order valence-corrected chi connectivity index (χ2v) is 9.23. The lowest BCUT2D eigenvalue weighted by Gasteiger charge is -2.28. The molecule has 0 aromatic heterocycles. The minimum absolute atomic E-state index is 0.0350. The molecular formula is C26H23Cl2F2NO3. The van der Waals surface area contributed by atoms with Crippen molar-refractivity contribution in [2.45, 2.75) is 39.6 Å². The predicted octanol–water partition coefficient (Wildman–Crippen LogP) is 7.15. The van der Waals surface area contributed by atoms with Gasteiger partial charge in [0, 0.05) is 24.2 Å². The fraction of sp³-hybridized carbons (Fsp3) is 0.269. The zero-order chi connectivity index (χ0) is 24.4. The first-order valence-corrected chi connectivity index (χ1v) is 11.6. The second kappa shape index (κ2) is 10.3. The van der Waals surface area contributed by atoms with Gasteiger partial charge in [0.15, 0.2) is 0 Å². The Balaban J connectivity index is 1.45. The van der Waals surface area contributed by atoms with Gasteiger partial charge in [0.05, 0.1) is 10.0 Å². The predicted molar refractivity (Wildman–Crippen MR) is 127 cm³/mol. The quantitative estimate of drug-likeness (QED) is 0.194. The summed E-state index contributed by atoms with van der Waals surface area (Å²) >= 11 is 11.7. The molecule has 178 valence electrons. The molecule has 1 aliphatic rings. The van der Waals surface area contributed by atoms with E-state index in [1.54, 1.807) is 11.0 Å². The van der Waals surface area contributed by atoms with Crippen molar-refractivity contribution < 1.29 is 23.0 Å². The Bertz CT molecular complexity index is 1170. The minimum Gasteiger partial charge on any atom is -0.460 e. The van der Waals surface area contributed by atoms with Crippen molar-refractivity contribution >= 4 is 29.2 Å². The normalized spacial score (nSPS) is 14.2. The summed E-state index contributed by atoms with van der Waals surface area (Å²) in [5.41, 5.74) is 0.997. The van der Waals surface area contributed by atoms with E-state index in [0.29, 0.717) is 11.5 Å². The lowest BCUT2D eigenvalue weighted by molar-refractivity contribution is -0.153. The molecule has 3 aromatic carbocycles. The summed E-state index contributed by atoms with van der Waals surface area (Å²) < 4.78 is 40.6. The van der Waals surface area contributed by atoms with Gasteiger partial charge in [-0.1, -0.05) is 67.4 Å². The lowest BCUT2D eigenvalue weighted by atomic mass is 10.0. The van der Waals surface area contributed by atoms with Crippen LogP contribution in [0.25, 0.3) is 0 Å². The number of hydrogen-bond acceptors (Lipinski definition) is 4. The molecule has 0 saturated carbocycles. The Morgan fingerprint density at radius 3 is 2.12 bits per heavy atom. The molecule has 0 radical (unpaired) electrons. The molecule has 4 rings (SSSR count). The number of halogens is 4. The largest absolute Gasteiger partial charge is 0.460 e. The van der Waals surface area contributed by atoms with E-state index in [1.165, 1.54) is 0 Å². The van der Waals surface area contributed by atoms with Crippen LogP contribution in [0, 0.1) is 17.6 Å². The first-order chi connectivity index (χ1) is 16.3. The van der Waals surface area contributed by atoms with Gasteiger partial charge in [0.1, 0.15) is 35.8 Å². The van der Waals surface area contributed by atoms with E-state index in [9.17, 15) is 13.6 Å². The van der Waals surface area contributed by atoms with E-state index in [2.05, 4.69) is 0 Å². The summed E-state index contributed by atoms with van der Waals surface area (Å²) in [5, 5.41) is -0.887. The Hall–Kier alpha value is -2.67. The number of ether oxygens (including phenoxy) is 2. The van der Waals surface area contributed by atoms with Crippen molar-refractivity contribution in [3.63, 3.8) is 0 Å². The van der Waals surface area contributed by atoms with Gasteiger partial charge >= 0.3 is 5.97 Å². The monoisotopic (exact) mass is 505 g/mol. The molecule has 3 aromatic rings. The molecule has 0 N–H and O–H groups in total. The number of para-hydroxylation sites is 1. The fourth-order valence-electron chi connectivity index (χ4n) is 4.12. The summed E-state index contributed by atoms with van der Waals surface area (Å²) in [6, 6.07) is 15.9. The van der Waals surface area contributed by atoms with Crippen LogP contribution in [0.5, 0.6) is 11.5 Å². The molecule has 34 heavy (non-hydrogen) atoms. The SMILES string of the molecule is CC(C)C(C(=O)OCc1cccc(Oc2ccccc2)c1)N1Cc2c(F)c(Cl)c(Cl)c(F)c2C1. The van der Waals surface area contributed by atoms with E-state index in [0.717, 1.165) is 5.56 Å². The second-order valence-electron chi connectivity index (χ2n) is 8.48. The van der Waals surface area contributed by atoms with Crippen molar-refractivity contribution in [2.24, 2.45) is 5.92 Å². The first kappa shape index (κ1) is 24.5. The van der Waals surface area contributed by atoms with Gasteiger partial charge in [-0.3, -0.25) is 9.69 Å². The number of benzene rings is 3. The number of carbonyl (C=O) groups excluding carboxylic acids is 1. The van der Waals surface area contributed by atoms with Gasteiger partial charge in [-0.25, -0.2) is 8.78 Å². The van der Waals surface area contributed by atoms with Gasteiger partial charge in [-0.2, -0.15) is 0 Å². The van der Waals surface area contributed by atoms with E-state index in [-0.39, 0.29) is 36.7 Å². The maximum absolute atomic E-state index is 14.6. The number of esters is 1. The summed E-state index contributed by atoms with van der Waals surface area (Å²) in [5.74, 6) is -0.824. The molecule has 0 aliphatic carbocycles. The van der Waals surface area contributed by atoms with Crippen LogP contribution in [-0.4, -0.2) is 16.9 Å². The van der Waals surface area contributed by atoms with E-state index in [1.807, 2.05) is 62.4 Å². The number of nitrogens with zero attached hydrogens (tertiary/aromatic N) is 1. The van der Waals surface area contributed by atoms with E-state index >= 15 is 0 Å². The summed E-state index contributed by atoms with van der Waals surface area (Å²) in [6.45, 7) is 3.82. The molecular weight excluding hydrogens is 483 g/mol. The highest BCUT2D eigenvalue weighted by Crippen LogP contribution is 2.39. The average molecular weight is 506 g/mol. The van der Waals surface area contributed by atoms with Crippen LogP contribution in [0.2, 0.25) is 10.0 Å². The van der Waals surface area contributed by atoms with Crippen molar-refractivity contribution in [1.29, 1.82) is 0 Å². The molecule has 1 unspecified atom stereocenters. The highest BCUT2D eigenvalue weighted by Gasteiger charge is 2.38. The summed E-state index contributed by atoms with van der Waals surface area (Å²) in [6.07, 6.45) is 0. The lowest BCUT2D eigenvalue weighted by Crippen LogP contribution is -2.42. The Kier molecular flexibility index (Phi) is 7.41. The number of rotatable bonds is 7. The van der Waals surface area contributed by atoms with Gasteiger partial charge in [0.2, 0.25) is 0 Å². The highest BCUT2D eigenvalue weighted by atomic mass is 35.5. The molecule has 8 heteroatoms. The smallest absolute Gasteiger partial charge is 0.323 e.